The minimum absolute atomic E-state index is 0.418. The number of Topliss-reactive ketones (excluding diaryl/α,β-unsaturated/α-hetero) is 1. The maximum atomic E-state index is 13.3. The van der Waals surface area contributed by atoms with Crippen molar-refractivity contribution in [2.24, 2.45) is 11.8 Å². The minimum atomic E-state index is 0.418. The van der Waals surface area contributed by atoms with Gasteiger partial charge < -0.3 is 0 Å². The molecule has 0 radical (unpaired) electrons. The zero-order valence-corrected chi connectivity index (χ0v) is 17.5. The molecule has 0 saturated heterocycles. The van der Waals surface area contributed by atoms with Crippen LogP contribution in [0.4, 0.5) is 0 Å². The molecule has 1 heteroatoms. The summed E-state index contributed by atoms with van der Waals surface area (Å²) in [6, 6.07) is 17.4. The van der Waals surface area contributed by atoms with Gasteiger partial charge in [-0.1, -0.05) is 61.4 Å². The number of hydrogen-bond donors (Lipinski definition) is 0. The van der Waals surface area contributed by atoms with Crippen molar-refractivity contribution < 1.29 is 4.79 Å². The quantitative estimate of drug-likeness (QED) is 0.481. The Kier molecular flexibility index (Phi) is 5.99. The van der Waals surface area contributed by atoms with E-state index in [4.69, 9.17) is 0 Å². The van der Waals surface area contributed by atoms with E-state index in [0.29, 0.717) is 29.5 Å². The Balaban J connectivity index is 1.52. The molecule has 0 aromatic heterocycles. The van der Waals surface area contributed by atoms with E-state index in [2.05, 4.69) is 62.4 Å². The molecule has 148 valence electrons. The predicted molar refractivity (Wildman–Crippen MR) is 117 cm³/mol. The fourth-order valence-electron chi connectivity index (χ4n) is 5.33. The number of benzene rings is 2. The third-order valence-electron chi connectivity index (χ3n) is 7.51. The highest BCUT2D eigenvalue weighted by Crippen LogP contribution is 2.45. The van der Waals surface area contributed by atoms with Gasteiger partial charge in [-0.05, 0) is 85.5 Å². The number of aryl methyl sites for hydroxylation is 2. The predicted octanol–water partition coefficient (Wildman–Crippen LogP) is 7.12. The molecule has 2 atom stereocenters. The summed E-state index contributed by atoms with van der Waals surface area (Å²) in [7, 11) is 0. The van der Waals surface area contributed by atoms with Crippen molar-refractivity contribution in [1.82, 2.24) is 0 Å². The molecule has 0 N–H and O–H groups in total. The van der Waals surface area contributed by atoms with Crippen molar-refractivity contribution in [3.05, 3.63) is 70.8 Å². The largest absolute Gasteiger partial charge is 0.300 e. The van der Waals surface area contributed by atoms with Crippen LogP contribution >= 0.6 is 0 Å². The molecule has 2 aromatic carbocycles. The Bertz CT molecular complexity index is 745. The van der Waals surface area contributed by atoms with Crippen molar-refractivity contribution in [3.8, 4) is 0 Å². The van der Waals surface area contributed by atoms with Gasteiger partial charge in [-0.25, -0.2) is 0 Å². The zero-order chi connectivity index (χ0) is 19.5. The lowest BCUT2D eigenvalue weighted by Gasteiger charge is -2.37. The van der Waals surface area contributed by atoms with Crippen LogP contribution in [0, 0.1) is 25.7 Å². The van der Waals surface area contributed by atoms with Gasteiger partial charge in [0.2, 0.25) is 0 Å². The van der Waals surface area contributed by atoms with Gasteiger partial charge in [-0.15, -0.1) is 0 Å². The number of rotatable bonds is 8. The zero-order valence-electron chi connectivity index (χ0n) is 17.5. The van der Waals surface area contributed by atoms with Crippen molar-refractivity contribution in [2.45, 2.75) is 77.0 Å². The van der Waals surface area contributed by atoms with Crippen molar-refractivity contribution >= 4 is 5.78 Å². The fourth-order valence-corrected chi connectivity index (χ4v) is 5.33. The van der Waals surface area contributed by atoms with Crippen LogP contribution in [0.15, 0.2) is 48.5 Å². The van der Waals surface area contributed by atoms with Gasteiger partial charge in [0.15, 0.2) is 0 Å². The molecular weight excluding hydrogens is 340 g/mol. The molecule has 0 unspecified atom stereocenters. The summed E-state index contributed by atoms with van der Waals surface area (Å²) in [6.07, 6.45) is 9.26. The lowest BCUT2D eigenvalue weighted by molar-refractivity contribution is -0.120. The monoisotopic (exact) mass is 374 g/mol. The molecule has 2 aliphatic carbocycles. The number of ketones is 1. The Labute approximate surface area is 170 Å². The van der Waals surface area contributed by atoms with Gasteiger partial charge in [-0.3, -0.25) is 4.79 Å². The molecule has 0 heterocycles. The lowest BCUT2D eigenvalue weighted by atomic mass is 9.67. The Morgan fingerprint density at radius 1 is 0.750 bits per heavy atom. The first-order chi connectivity index (χ1) is 13.6. The molecule has 2 fully saturated rings. The SMILES string of the molecule is Cc1ccccc1[C@H](CC(=O)C[C@@H](c1ccccc1C)C1CCC1)C1CCC1. The Morgan fingerprint density at radius 3 is 1.46 bits per heavy atom. The van der Waals surface area contributed by atoms with E-state index in [9.17, 15) is 4.79 Å². The Hall–Kier alpha value is -1.89. The molecule has 4 rings (SSSR count). The van der Waals surface area contributed by atoms with Gasteiger partial charge in [0.1, 0.15) is 5.78 Å². The molecule has 28 heavy (non-hydrogen) atoms. The van der Waals surface area contributed by atoms with Crippen LogP contribution in [0.25, 0.3) is 0 Å². The maximum absolute atomic E-state index is 13.3. The average molecular weight is 375 g/mol. The molecule has 0 amide bonds. The van der Waals surface area contributed by atoms with Crippen LogP contribution in [0.1, 0.15) is 85.5 Å². The molecule has 2 aromatic rings. The highest BCUT2D eigenvalue weighted by atomic mass is 16.1. The number of carbonyl (C=O) groups excluding carboxylic acids is 1. The third-order valence-corrected chi connectivity index (χ3v) is 7.51. The van der Waals surface area contributed by atoms with Crippen molar-refractivity contribution in [3.63, 3.8) is 0 Å². The van der Waals surface area contributed by atoms with E-state index in [-0.39, 0.29) is 0 Å². The van der Waals surface area contributed by atoms with Crippen LogP contribution in [0.2, 0.25) is 0 Å². The molecule has 2 aliphatic rings. The fraction of sp³-hybridized carbons (Fsp3) is 0.519. The molecule has 2 saturated carbocycles. The van der Waals surface area contributed by atoms with Crippen LogP contribution in [0.5, 0.6) is 0 Å². The van der Waals surface area contributed by atoms with Crippen LogP contribution in [-0.2, 0) is 4.79 Å². The Morgan fingerprint density at radius 2 is 1.14 bits per heavy atom. The van der Waals surface area contributed by atoms with E-state index >= 15 is 0 Å². The maximum Gasteiger partial charge on any atom is 0.134 e. The van der Waals surface area contributed by atoms with Crippen molar-refractivity contribution in [2.75, 3.05) is 0 Å². The van der Waals surface area contributed by atoms with Crippen molar-refractivity contribution in [1.29, 1.82) is 0 Å². The average Bonchev–Trinajstić information content (AvgIpc) is 2.58. The second-order valence-corrected chi connectivity index (χ2v) is 9.26. The number of hydrogen-bond acceptors (Lipinski definition) is 1. The van der Waals surface area contributed by atoms with E-state index in [1.54, 1.807) is 0 Å². The normalized spacial score (nSPS) is 19.5. The molecule has 0 aliphatic heterocycles. The summed E-state index contributed by atoms with van der Waals surface area (Å²) in [5.41, 5.74) is 5.52. The van der Waals surface area contributed by atoms with Gasteiger partial charge in [0.25, 0.3) is 0 Å². The minimum Gasteiger partial charge on any atom is -0.300 e. The number of carbonyl (C=O) groups is 1. The van der Waals surface area contributed by atoms with E-state index in [1.165, 1.54) is 60.8 Å². The highest BCUT2D eigenvalue weighted by molar-refractivity contribution is 5.80. The molecule has 1 nitrogen and oxygen atoms in total. The highest BCUT2D eigenvalue weighted by Gasteiger charge is 2.34. The molecular formula is C27H34O. The summed E-state index contributed by atoms with van der Waals surface area (Å²) < 4.78 is 0. The first kappa shape index (κ1) is 19.4. The van der Waals surface area contributed by atoms with Crippen LogP contribution in [0.3, 0.4) is 0 Å². The summed E-state index contributed by atoms with van der Waals surface area (Å²) in [6.45, 7) is 4.41. The topological polar surface area (TPSA) is 17.1 Å². The third kappa shape index (κ3) is 4.09. The lowest BCUT2D eigenvalue weighted by Crippen LogP contribution is -2.27. The first-order valence-corrected chi connectivity index (χ1v) is 11.3. The van der Waals surface area contributed by atoms with Gasteiger partial charge in [0, 0.05) is 12.8 Å². The van der Waals surface area contributed by atoms with E-state index in [1.807, 2.05) is 0 Å². The van der Waals surface area contributed by atoms with Gasteiger partial charge >= 0.3 is 0 Å². The van der Waals surface area contributed by atoms with Gasteiger partial charge in [-0.2, -0.15) is 0 Å². The summed E-state index contributed by atoms with van der Waals surface area (Å²) >= 11 is 0. The summed E-state index contributed by atoms with van der Waals surface area (Å²) in [5, 5.41) is 0. The molecule has 0 bridgehead atoms. The van der Waals surface area contributed by atoms with Crippen LogP contribution in [-0.4, -0.2) is 5.78 Å². The second-order valence-electron chi connectivity index (χ2n) is 9.26. The van der Waals surface area contributed by atoms with Gasteiger partial charge in [0.05, 0.1) is 0 Å². The van der Waals surface area contributed by atoms with Crippen LogP contribution < -0.4 is 0 Å². The second kappa shape index (κ2) is 8.64. The van der Waals surface area contributed by atoms with E-state index < -0.39 is 0 Å². The summed E-state index contributed by atoms with van der Waals surface area (Å²) in [5.74, 6) is 2.71. The molecule has 0 spiro atoms. The standard InChI is InChI=1S/C27H34O/c1-19-9-3-5-15-24(19)26(21-11-7-12-21)17-23(28)18-27(22-13-8-14-22)25-16-6-4-10-20(25)2/h3-6,9-10,15-16,21-22,26-27H,7-8,11-14,17-18H2,1-2H3/t26-,27-/m1/s1. The summed E-state index contributed by atoms with van der Waals surface area (Å²) in [4.78, 5) is 13.3. The van der Waals surface area contributed by atoms with E-state index in [0.717, 1.165) is 12.8 Å². The first-order valence-electron chi connectivity index (χ1n) is 11.3. The smallest absolute Gasteiger partial charge is 0.134 e.